The molecule has 1 unspecified atom stereocenters. The lowest BCUT2D eigenvalue weighted by molar-refractivity contribution is 0.164. The predicted octanol–water partition coefficient (Wildman–Crippen LogP) is 3.32. The van der Waals surface area contributed by atoms with Crippen LogP contribution in [-0.4, -0.2) is 0 Å². The molecule has 2 fully saturated rings. The Hall–Kier alpha value is 0.0300. The van der Waals surface area contributed by atoms with E-state index in [-0.39, 0.29) is 0 Å². The van der Waals surface area contributed by atoms with Gasteiger partial charge in [-0.1, -0.05) is 17.2 Å². The maximum absolute atomic E-state index is 6.25. The van der Waals surface area contributed by atoms with Crippen LogP contribution in [0.2, 0.25) is 0 Å². The van der Waals surface area contributed by atoms with E-state index < -0.39 is 0 Å². The molecule has 11 heavy (non-hydrogen) atoms. The molecule has 0 heterocycles. The maximum Gasteiger partial charge on any atom is 0.0204 e. The summed E-state index contributed by atoms with van der Waals surface area (Å²) < 4.78 is 0. The second-order valence-electron chi connectivity index (χ2n) is 4.50. The minimum atomic E-state index is 0.790. The fourth-order valence-electron chi connectivity index (χ4n) is 3.37. The number of hydrogen-bond acceptors (Lipinski definition) is 0. The predicted molar refractivity (Wildman–Crippen MR) is 46.4 cm³/mol. The average Bonchev–Trinajstić information content (AvgIpc) is 1.98. The largest absolute Gasteiger partial charge is 0.0889 e. The zero-order valence-corrected chi connectivity index (χ0v) is 7.40. The number of allylic oxidation sites excluding steroid dienone is 2. The number of hydrogen-bond donors (Lipinski definition) is 0. The van der Waals surface area contributed by atoms with Crippen molar-refractivity contribution < 1.29 is 0 Å². The molecule has 0 spiro atoms. The van der Waals surface area contributed by atoms with Crippen LogP contribution in [0.25, 0.3) is 0 Å². The zero-order valence-electron chi connectivity index (χ0n) is 6.65. The highest BCUT2D eigenvalue weighted by Crippen LogP contribution is 2.54. The highest BCUT2D eigenvalue weighted by Gasteiger charge is 2.40. The SMILES string of the molecule is ClC1=C2C[C@@H]3CC1C[C@H](C2)C3. The van der Waals surface area contributed by atoms with Crippen LogP contribution in [0.1, 0.15) is 32.1 Å². The molecule has 2 saturated carbocycles. The highest BCUT2D eigenvalue weighted by molar-refractivity contribution is 6.30. The summed E-state index contributed by atoms with van der Waals surface area (Å²) in [4.78, 5) is 0. The van der Waals surface area contributed by atoms with Crippen molar-refractivity contribution in [3.05, 3.63) is 10.6 Å². The molecule has 0 amide bonds. The second-order valence-corrected chi connectivity index (χ2v) is 4.90. The van der Waals surface area contributed by atoms with Crippen molar-refractivity contribution in [3.63, 3.8) is 0 Å². The molecule has 0 aromatic carbocycles. The van der Waals surface area contributed by atoms with E-state index in [1.165, 1.54) is 37.1 Å². The molecule has 4 aliphatic carbocycles. The lowest BCUT2D eigenvalue weighted by atomic mass is 9.61. The van der Waals surface area contributed by atoms with Crippen molar-refractivity contribution in [1.82, 2.24) is 0 Å². The standard InChI is InChI=1S/C10H13Cl/c11-10-8-2-6-1-7(4-8)5-9(10)3-6/h6-8H,1-5H2/t6-,7+,8?. The van der Waals surface area contributed by atoms with Gasteiger partial charge in [-0.15, -0.1) is 0 Å². The van der Waals surface area contributed by atoms with Gasteiger partial charge in [-0.25, -0.2) is 0 Å². The van der Waals surface area contributed by atoms with E-state index in [1.807, 2.05) is 0 Å². The van der Waals surface area contributed by atoms with E-state index in [1.54, 1.807) is 5.57 Å². The topological polar surface area (TPSA) is 0 Å². The Balaban J connectivity index is 2.07. The molecule has 1 heteroatoms. The van der Waals surface area contributed by atoms with Crippen LogP contribution in [0, 0.1) is 17.8 Å². The van der Waals surface area contributed by atoms with Gasteiger partial charge in [-0.3, -0.25) is 0 Å². The Morgan fingerprint density at radius 3 is 2.18 bits per heavy atom. The lowest BCUT2D eigenvalue weighted by Gasteiger charge is -2.46. The number of rotatable bonds is 0. The molecule has 0 saturated heterocycles. The fraction of sp³-hybridized carbons (Fsp3) is 0.800. The van der Waals surface area contributed by atoms with Crippen LogP contribution in [0.15, 0.2) is 10.6 Å². The van der Waals surface area contributed by atoms with Crippen molar-refractivity contribution in [1.29, 1.82) is 0 Å². The summed E-state index contributed by atoms with van der Waals surface area (Å²) in [6.07, 6.45) is 6.99. The van der Waals surface area contributed by atoms with Gasteiger partial charge in [-0.05, 0) is 49.9 Å². The third-order valence-electron chi connectivity index (χ3n) is 3.67. The van der Waals surface area contributed by atoms with Gasteiger partial charge in [0.2, 0.25) is 0 Å². The van der Waals surface area contributed by atoms with Gasteiger partial charge >= 0.3 is 0 Å². The van der Waals surface area contributed by atoms with E-state index in [0.717, 1.165) is 17.8 Å². The second kappa shape index (κ2) is 2.04. The van der Waals surface area contributed by atoms with Crippen LogP contribution < -0.4 is 0 Å². The first-order valence-electron chi connectivity index (χ1n) is 4.70. The van der Waals surface area contributed by atoms with E-state index in [0.29, 0.717) is 0 Å². The maximum atomic E-state index is 6.25. The quantitative estimate of drug-likeness (QED) is 0.521. The van der Waals surface area contributed by atoms with E-state index in [9.17, 15) is 0 Å². The van der Waals surface area contributed by atoms with Gasteiger partial charge in [0.25, 0.3) is 0 Å². The Labute approximate surface area is 72.6 Å². The third kappa shape index (κ3) is 0.823. The summed E-state index contributed by atoms with van der Waals surface area (Å²) in [6, 6.07) is 0. The van der Waals surface area contributed by atoms with Crippen molar-refractivity contribution in [2.75, 3.05) is 0 Å². The lowest BCUT2D eigenvalue weighted by Crippen LogP contribution is -2.33. The van der Waals surface area contributed by atoms with Gasteiger partial charge in [0.15, 0.2) is 0 Å². The van der Waals surface area contributed by atoms with Gasteiger partial charge < -0.3 is 0 Å². The van der Waals surface area contributed by atoms with Crippen LogP contribution in [0.4, 0.5) is 0 Å². The van der Waals surface area contributed by atoms with Crippen molar-refractivity contribution in [2.24, 2.45) is 17.8 Å². The van der Waals surface area contributed by atoms with Crippen LogP contribution in [0.5, 0.6) is 0 Å². The Bertz CT molecular complexity index is 213. The van der Waals surface area contributed by atoms with Gasteiger partial charge in [0, 0.05) is 5.03 Å². The molecule has 4 rings (SSSR count). The van der Waals surface area contributed by atoms with E-state index >= 15 is 0 Å². The molecule has 60 valence electrons. The third-order valence-corrected chi connectivity index (χ3v) is 4.24. The molecular formula is C10H13Cl. The summed E-state index contributed by atoms with van der Waals surface area (Å²) in [6.45, 7) is 0. The summed E-state index contributed by atoms with van der Waals surface area (Å²) in [7, 11) is 0. The van der Waals surface area contributed by atoms with Crippen LogP contribution >= 0.6 is 11.6 Å². The molecule has 0 aromatic rings. The van der Waals surface area contributed by atoms with Crippen LogP contribution in [-0.2, 0) is 0 Å². The Morgan fingerprint density at radius 2 is 1.64 bits per heavy atom. The van der Waals surface area contributed by atoms with Gasteiger partial charge in [0.05, 0.1) is 0 Å². The molecule has 3 atom stereocenters. The van der Waals surface area contributed by atoms with Crippen LogP contribution in [0.3, 0.4) is 0 Å². The first-order chi connectivity index (χ1) is 5.33. The number of halogens is 1. The zero-order chi connectivity index (χ0) is 7.42. The first-order valence-corrected chi connectivity index (χ1v) is 5.08. The normalized spacial score (nSPS) is 47.2. The van der Waals surface area contributed by atoms with Crippen molar-refractivity contribution in [2.45, 2.75) is 32.1 Å². The van der Waals surface area contributed by atoms with Crippen molar-refractivity contribution >= 4 is 11.6 Å². The monoisotopic (exact) mass is 168 g/mol. The molecule has 0 aliphatic heterocycles. The summed E-state index contributed by atoms with van der Waals surface area (Å²) in [5, 5.41) is 1.26. The molecule has 0 radical (unpaired) electrons. The smallest absolute Gasteiger partial charge is 0.0204 e. The summed E-state index contributed by atoms with van der Waals surface area (Å²) in [5.41, 5.74) is 1.62. The summed E-state index contributed by atoms with van der Waals surface area (Å²) >= 11 is 6.25. The highest BCUT2D eigenvalue weighted by atomic mass is 35.5. The molecule has 0 N–H and O–H groups in total. The fourth-order valence-corrected chi connectivity index (χ4v) is 3.70. The van der Waals surface area contributed by atoms with Crippen molar-refractivity contribution in [3.8, 4) is 0 Å². The molecule has 0 aromatic heterocycles. The van der Waals surface area contributed by atoms with Gasteiger partial charge in [-0.2, -0.15) is 0 Å². The minimum Gasteiger partial charge on any atom is -0.0889 e. The average molecular weight is 169 g/mol. The molecule has 4 aliphatic rings. The summed E-state index contributed by atoms with van der Waals surface area (Å²) in [5.74, 6) is 2.83. The van der Waals surface area contributed by atoms with E-state index in [4.69, 9.17) is 11.6 Å². The van der Waals surface area contributed by atoms with E-state index in [2.05, 4.69) is 0 Å². The Kier molecular flexibility index (Phi) is 1.21. The molecular weight excluding hydrogens is 156 g/mol. The minimum absolute atomic E-state index is 0.790. The van der Waals surface area contributed by atoms with Gasteiger partial charge in [0.1, 0.15) is 0 Å². The molecule has 0 nitrogen and oxygen atoms in total. The first kappa shape index (κ1) is 6.54. The Morgan fingerprint density at radius 1 is 1.00 bits per heavy atom. The molecule has 4 bridgehead atoms.